The van der Waals surface area contributed by atoms with Crippen molar-refractivity contribution in [2.45, 2.75) is 6.92 Å². The predicted octanol–water partition coefficient (Wildman–Crippen LogP) is 0.337. The third-order valence-corrected chi connectivity index (χ3v) is 1.94. The van der Waals surface area contributed by atoms with Crippen molar-refractivity contribution in [1.82, 2.24) is 9.97 Å². The molecule has 0 bridgehead atoms. The monoisotopic (exact) mass is 196 g/mol. The number of likely N-dealkylation sites (N-methyl/N-ethyl adjacent to an activating group) is 1. The maximum Gasteiger partial charge on any atom is 0.224 e. The summed E-state index contributed by atoms with van der Waals surface area (Å²) in [6.45, 7) is 3.57. The summed E-state index contributed by atoms with van der Waals surface area (Å²) in [5.41, 5.74) is 0. The summed E-state index contributed by atoms with van der Waals surface area (Å²) in [7, 11) is 1.78. The number of rotatable bonds is 5. The van der Waals surface area contributed by atoms with Crippen molar-refractivity contribution >= 4 is 11.8 Å². The van der Waals surface area contributed by atoms with Gasteiger partial charge in [-0.1, -0.05) is 0 Å². The summed E-state index contributed by atoms with van der Waals surface area (Å²) in [4.78, 5) is 10.3. The average molecular weight is 196 g/mol. The van der Waals surface area contributed by atoms with Crippen LogP contribution in [-0.2, 0) is 0 Å². The summed E-state index contributed by atoms with van der Waals surface area (Å²) in [5, 5.41) is 11.7. The zero-order valence-electron chi connectivity index (χ0n) is 8.56. The molecule has 0 unspecified atom stereocenters. The van der Waals surface area contributed by atoms with Crippen LogP contribution in [0, 0.1) is 0 Å². The van der Waals surface area contributed by atoms with Crippen LogP contribution in [0.1, 0.15) is 6.92 Å². The van der Waals surface area contributed by atoms with Crippen molar-refractivity contribution < 1.29 is 5.11 Å². The molecule has 0 fully saturated rings. The second-order valence-corrected chi connectivity index (χ2v) is 2.79. The first-order valence-electron chi connectivity index (χ1n) is 4.68. The lowest BCUT2D eigenvalue weighted by Crippen LogP contribution is -2.27. The Labute approximate surface area is 83.8 Å². The molecule has 0 atom stereocenters. The van der Waals surface area contributed by atoms with Gasteiger partial charge in [0.2, 0.25) is 5.95 Å². The third-order valence-electron chi connectivity index (χ3n) is 1.94. The van der Waals surface area contributed by atoms with Crippen molar-refractivity contribution in [2.75, 3.05) is 37.0 Å². The molecule has 0 aromatic carbocycles. The van der Waals surface area contributed by atoms with Crippen molar-refractivity contribution in [3.05, 3.63) is 12.3 Å². The van der Waals surface area contributed by atoms with Gasteiger partial charge in [-0.15, -0.1) is 0 Å². The Hall–Kier alpha value is -1.36. The van der Waals surface area contributed by atoms with E-state index in [4.69, 9.17) is 5.11 Å². The average Bonchev–Trinajstić information content (AvgIpc) is 2.26. The molecule has 0 saturated heterocycles. The summed E-state index contributed by atoms with van der Waals surface area (Å²) < 4.78 is 0. The van der Waals surface area contributed by atoms with Crippen LogP contribution >= 0.6 is 0 Å². The number of anilines is 2. The van der Waals surface area contributed by atoms with Gasteiger partial charge < -0.3 is 15.3 Å². The number of hydrogen-bond acceptors (Lipinski definition) is 5. The lowest BCUT2D eigenvalue weighted by atomic mass is 10.4. The van der Waals surface area contributed by atoms with Gasteiger partial charge in [0.05, 0.1) is 6.61 Å². The van der Waals surface area contributed by atoms with Crippen LogP contribution in [0.15, 0.2) is 12.3 Å². The standard InChI is InChI=1S/C9H16N4O/c1-3-13(6-7-14)8-4-5-11-9(10-2)12-8/h4-5,14H,3,6-7H2,1-2H3,(H,10,11,12). The van der Waals surface area contributed by atoms with E-state index in [2.05, 4.69) is 15.3 Å². The molecule has 1 rings (SSSR count). The minimum absolute atomic E-state index is 0.132. The molecular weight excluding hydrogens is 180 g/mol. The highest BCUT2D eigenvalue weighted by atomic mass is 16.3. The van der Waals surface area contributed by atoms with Crippen molar-refractivity contribution in [2.24, 2.45) is 0 Å². The van der Waals surface area contributed by atoms with Crippen LogP contribution in [0.25, 0.3) is 0 Å². The van der Waals surface area contributed by atoms with Gasteiger partial charge in [-0.3, -0.25) is 0 Å². The summed E-state index contributed by atoms with van der Waals surface area (Å²) in [6.07, 6.45) is 1.70. The van der Waals surface area contributed by atoms with Gasteiger partial charge >= 0.3 is 0 Å². The van der Waals surface area contributed by atoms with E-state index in [0.29, 0.717) is 12.5 Å². The van der Waals surface area contributed by atoms with Gasteiger partial charge in [0.1, 0.15) is 5.82 Å². The zero-order chi connectivity index (χ0) is 10.4. The SMILES string of the molecule is CCN(CCO)c1ccnc(NC)n1. The largest absolute Gasteiger partial charge is 0.395 e. The molecule has 0 aliphatic rings. The van der Waals surface area contributed by atoms with E-state index >= 15 is 0 Å². The molecule has 1 aromatic rings. The van der Waals surface area contributed by atoms with Crippen molar-refractivity contribution in [1.29, 1.82) is 0 Å². The number of aliphatic hydroxyl groups excluding tert-OH is 1. The first-order valence-corrected chi connectivity index (χ1v) is 4.68. The molecule has 0 saturated carbocycles. The first-order chi connectivity index (χ1) is 6.81. The lowest BCUT2D eigenvalue weighted by Gasteiger charge is -2.20. The molecule has 0 radical (unpaired) electrons. The molecule has 2 N–H and O–H groups in total. The van der Waals surface area contributed by atoms with Gasteiger partial charge in [-0.05, 0) is 13.0 Å². The highest BCUT2D eigenvalue weighted by Crippen LogP contribution is 2.10. The Kier molecular flexibility index (Phi) is 4.12. The molecule has 78 valence electrons. The van der Waals surface area contributed by atoms with Gasteiger partial charge in [0, 0.05) is 26.3 Å². The summed E-state index contributed by atoms with van der Waals surface area (Å²) in [6, 6.07) is 1.83. The highest BCUT2D eigenvalue weighted by molar-refractivity contribution is 5.41. The van der Waals surface area contributed by atoms with Crippen LogP contribution in [0.5, 0.6) is 0 Å². The minimum Gasteiger partial charge on any atom is -0.395 e. The Morgan fingerprint density at radius 1 is 1.57 bits per heavy atom. The first kappa shape index (κ1) is 10.7. The molecule has 5 nitrogen and oxygen atoms in total. The molecular formula is C9H16N4O. The number of hydrogen-bond donors (Lipinski definition) is 2. The molecule has 0 aliphatic heterocycles. The van der Waals surface area contributed by atoms with Crippen LogP contribution in [0.4, 0.5) is 11.8 Å². The van der Waals surface area contributed by atoms with Crippen LogP contribution < -0.4 is 10.2 Å². The molecule has 1 aromatic heterocycles. The molecule has 14 heavy (non-hydrogen) atoms. The van der Waals surface area contributed by atoms with E-state index in [-0.39, 0.29) is 6.61 Å². The van der Waals surface area contributed by atoms with E-state index in [9.17, 15) is 0 Å². The topological polar surface area (TPSA) is 61.3 Å². The summed E-state index contributed by atoms with van der Waals surface area (Å²) in [5.74, 6) is 1.43. The Morgan fingerprint density at radius 2 is 2.36 bits per heavy atom. The fourth-order valence-electron chi connectivity index (χ4n) is 1.20. The quantitative estimate of drug-likeness (QED) is 0.711. The molecule has 5 heteroatoms. The van der Waals surface area contributed by atoms with E-state index in [1.165, 1.54) is 0 Å². The van der Waals surface area contributed by atoms with Crippen molar-refractivity contribution in [3.63, 3.8) is 0 Å². The Bertz CT molecular complexity index is 279. The number of aliphatic hydroxyl groups is 1. The Balaban J connectivity index is 2.80. The minimum atomic E-state index is 0.132. The summed E-state index contributed by atoms with van der Waals surface area (Å²) >= 11 is 0. The van der Waals surface area contributed by atoms with E-state index in [1.54, 1.807) is 13.2 Å². The molecule has 0 spiro atoms. The van der Waals surface area contributed by atoms with E-state index < -0.39 is 0 Å². The van der Waals surface area contributed by atoms with E-state index in [1.807, 2.05) is 17.9 Å². The van der Waals surface area contributed by atoms with Crippen molar-refractivity contribution in [3.8, 4) is 0 Å². The smallest absolute Gasteiger partial charge is 0.224 e. The number of nitrogens with one attached hydrogen (secondary N) is 1. The van der Waals surface area contributed by atoms with Gasteiger partial charge in [0.25, 0.3) is 0 Å². The molecule has 0 aliphatic carbocycles. The second kappa shape index (κ2) is 5.39. The third kappa shape index (κ3) is 2.56. The van der Waals surface area contributed by atoms with Crippen LogP contribution in [0.3, 0.4) is 0 Å². The fourth-order valence-corrected chi connectivity index (χ4v) is 1.20. The fraction of sp³-hybridized carbons (Fsp3) is 0.556. The highest BCUT2D eigenvalue weighted by Gasteiger charge is 2.05. The lowest BCUT2D eigenvalue weighted by molar-refractivity contribution is 0.302. The zero-order valence-corrected chi connectivity index (χ0v) is 8.56. The molecule has 1 heterocycles. The Morgan fingerprint density at radius 3 is 2.93 bits per heavy atom. The maximum absolute atomic E-state index is 8.85. The maximum atomic E-state index is 8.85. The van der Waals surface area contributed by atoms with Crippen LogP contribution in [-0.4, -0.2) is 41.8 Å². The number of aromatic nitrogens is 2. The van der Waals surface area contributed by atoms with E-state index in [0.717, 1.165) is 12.4 Å². The van der Waals surface area contributed by atoms with Gasteiger partial charge in [0.15, 0.2) is 0 Å². The second-order valence-electron chi connectivity index (χ2n) is 2.79. The number of nitrogens with zero attached hydrogens (tertiary/aromatic N) is 3. The van der Waals surface area contributed by atoms with Gasteiger partial charge in [-0.25, -0.2) is 4.98 Å². The van der Waals surface area contributed by atoms with Crippen LogP contribution in [0.2, 0.25) is 0 Å². The van der Waals surface area contributed by atoms with Gasteiger partial charge in [-0.2, -0.15) is 4.98 Å². The predicted molar refractivity (Wildman–Crippen MR) is 56.6 cm³/mol. The molecule has 0 amide bonds. The normalized spacial score (nSPS) is 9.93.